The van der Waals surface area contributed by atoms with Crippen LogP contribution >= 0.6 is 16.5 Å². The Morgan fingerprint density at radius 2 is 1.50 bits per heavy atom. The summed E-state index contributed by atoms with van der Waals surface area (Å²) in [7, 11) is -5.15. The number of unbranched alkanes of at least 4 members (excludes halogenated alkanes) is 2. The molecule has 0 amide bonds. The van der Waals surface area contributed by atoms with Crippen molar-refractivity contribution in [1.29, 1.82) is 0 Å². The summed E-state index contributed by atoms with van der Waals surface area (Å²) in [6.07, 6.45) is 2.24. The molecule has 1 fully saturated rings. The summed E-state index contributed by atoms with van der Waals surface area (Å²) in [4.78, 5) is 0. The SMILES string of the molecule is NCCCCCC1(O)O[P+](=O)O[P+](=O)O1.O.O.O. The van der Waals surface area contributed by atoms with E-state index in [2.05, 4.69) is 13.4 Å². The van der Waals surface area contributed by atoms with Crippen molar-refractivity contribution in [2.45, 2.75) is 31.7 Å². The highest BCUT2D eigenvalue weighted by Crippen LogP contribution is 2.51. The van der Waals surface area contributed by atoms with Gasteiger partial charge in [0.2, 0.25) is 0 Å². The third-order valence-electron chi connectivity index (χ3n) is 1.76. The van der Waals surface area contributed by atoms with E-state index in [4.69, 9.17) is 5.73 Å². The number of nitrogens with two attached hydrogens (primary N) is 1. The van der Waals surface area contributed by atoms with Gasteiger partial charge < -0.3 is 27.3 Å². The van der Waals surface area contributed by atoms with Crippen LogP contribution in [-0.2, 0) is 22.5 Å². The summed E-state index contributed by atoms with van der Waals surface area (Å²) >= 11 is 0. The molecule has 110 valence electrons. The van der Waals surface area contributed by atoms with Crippen molar-refractivity contribution in [3.63, 3.8) is 0 Å². The van der Waals surface area contributed by atoms with Crippen LogP contribution in [0.4, 0.5) is 0 Å². The quantitative estimate of drug-likeness (QED) is 0.480. The molecule has 18 heavy (non-hydrogen) atoms. The molecule has 1 aliphatic heterocycles. The van der Waals surface area contributed by atoms with Gasteiger partial charge >= 0.3 is 22.5 Å². The smallest absolute Gasteiger partial charge is 0.412 e. The fourth-order valence-corrected chi connectivity index (χ4v) is 2.58. The molecule has 12 heteroatoms. The molecule has 0 radical (unpaired) electrons. The van der Waals surface area contributed by atoms with Crippen molar-refractivity contribution in [3.8, 4) is 0 Å². The lowest BCUT2D eigenvalue weighted by Gasteiger charge is -2.14. The Morgan fingerprint density at radius 3 is 1.94 bits per heavy atom. The highest BCUT2D eigenvalue weighted by molar-refractivity contribution is 7.48. The molecular formula is C6H19NO9P2+2. The van der Waals surface area contributed by atoms with Gasteiger partial charge in [-0.05, 0) is 28.4 Å². The first-order valence-corrected chi connectivity index (χ1v) is 6.68. The van der Waals surface area contributed by atoms with Crippen LogP contribution in [0.2, 0.25) is 0 Å². The third-order valence-corrected chi connectivity index (χ3v) is 3.70. The van der Waals surface area contributed by atoms with Crippen LogP contribution in [-0.4, -0.2) is 34.1 Å². The number of rotatable bonds is 5. The first-order chi connectivity index (χ1) is 7.06. The van der Waals surface area contributed by atoms with E-state index in [1.807, 2.05) is 0 Å². The minimum absolute atomic E-state index is 0. The molecule has 2 atom stereocenters. The highest BCUT2D eigenvalue weighted by Gasteiger charge is 2.60. The maximum atomic E-state index is 10.8. The van der Waals surface area contributed by atoms with Crippen molar-refractivity contribution in [3.05, 3.63) is 0 Å². The minimum Gasteiger partial charge on any atom is -0.412 e. The van der Waals surface area contributed by atoms with E-state index in [0.717, 1.165) is 12.8 Å². The van der Waals surface area contributed by atoms with Gasteiger partial charge in [-0.2, -0.15) is 0 Å². The van der Waals surface area contributed by atoms with Crippen LogP contribution in [0.15, 0.2) is 0 Å². The first kappa shape index (κ1) is 23.0. The molecule has 1 rings (SSSR count). The van der Waals surface area contributed by atoms with Gasteiger partial charge in [-0.3, -0.25) is 0 Å². The number of hydrogen-bond acceptors (Lipinski definition) is 7. The molecule has 1 saturated heterocycles. The summed E-state index contributed by atoms with van der Waals surface area (Å²) in [5.74, 6) is -2.06. The summed E-state index contributed by atoms with van der Waals surface area (Å²) in [6, 6.07) is 0. The molecule has 1 heterocycles. The zero-order valence-corrected chi connectivity index (χ0v) is 11.3. The van der Waals surface area contributed by atoms with Crippen LogP contribution < -0.4 is 5.73 Å². The van der Waals surface area contributed by atoms with Crippen molar-refractivity contribution in [1.82, 2.24) is 0 Å². The molecular weight excluding hydrogens is 292 g/mol. The Labute approximate surface area is 105 Å². The van der Waals surface area contributed by atoms with Gasteiger partial charge in [0, 0.05) is 15.6 Å². The van der Waals surface area contributed by atoms with Gasteiger partial charge in [-0.25, -0.2) is 0 Å². The van der Waals surface area contributed by atoms with Crippen molar-refractivity contribution in [2.75, 3.05) is 6.54 Å². The van der Waals surface area contributed by atoms with E-state index < -0.39 is 22.5 Å². The molecule has 0 spiro atoms. The Hall–Kier alpha value is -0.120. The van der Waals surface area contributed by atoms with E-state index in [0.29, 0.717) is 13.0 Å². The summed E-state index contributed by atoms with van der Waals surface area (Å²) < 4.78 is 34.9. The molecule has 0 aromatic heterocycles. The van der Waals surface area contributed by atoms with Crippen LogP contribution in [0.5, 0.6) is 0 Å². The Balaban J connectivity index is -0.000000750. The van der Waals surface area contributed by atoms with E-state index >= 15 is 0 Å². The average Bonchev–Trinajstić information content (AvgIpc) is 2.10. The minimum atomic E-state index is -2.58. The Kier molecular flexibility index (Phi) is 13.8. The Bertz CT molecular complexity index is 247. The largest absolute Gasteiger partial charge is 0.753 e. The number of hydrogen-bond donors (Lipinski definition) is 2. The first-order valence-electron chi connectivity index (χ1n) is 4.49. The van der Waals surface area contributed by atoms with E-state index in [1.165, 1.54) is 0 Å². The third kappa shape index (κ3) is 8.06. The molecule has 0 saturated carbocycles. The zero-order valence-electron chi connectivity index (χ0n) is 9.50. The van der Waals surface area contributed by atoms with Gasteiger partial charge in [0.1, 0.15) is 0 Å². The van der Waals surface area contributed by atoms with Gasteiger partial charge in [0.05, 0.1) is 0 Å². The molecule has 10 nitrogen and oxygen atoms in total. The van der Waals surface area contributed by atoms with Crippen LogP contribution in [0.1, 0.15) is 25.7 Å². The van der Waals surface area contributed by atoms with Crippen molar-refractivity contribution in [2.24, 2.45) is 5.73 Å². The summed E-state index contributed by atoms with van der Waals surface area (Å²) in [6.45, 7) is 0.561. The second-order valence-electron chi connectivity index (χ2n) is 3.02. The van der Waals surface area contributed by atoms with Crippen molar-refractivity contribution >= 4 is 16.5 Å². The second kappa shape index (κ2) is 10.8. The molecule has 0 bridgehead atoms. The lowest BCUT2D eigenvalue weighted by Crippen LogP contribution is -2.33. The molecule has 0 aromatic rings. The van der Waals surface area contributed by atoms with Crippen molar-refractivity contribution < 1.29 is 44.0 Å². The maximum absolute atomic E-state index is 10.8. The van der Waals surface area contributed by atoms with Gasteiger partial charge in [0.15, 0.2) is 4.31 Å². The van der Waals surface area contributed by atoms with E-state index in [1.54, 1.807) is 0 Å². The summed E-state index contributed by atoms with van der Waals surface area (Å²) in [5, 5.41) is 9.59. The lowest BCUT2D eigenvalue weighted by molar-refractivity contribution is -0.284. The Morgan fingerprint density at radius 1 is 1.00 bits per heavy atom. The van der Waals surface area contributed by atoms with Gasteiger partial charge in [-0.1, -0.05) is 6.42 Å². The molecule has 0 aromatic carbocycles. The van der Waals surface area contributed by atoms with Crippen LogP contribution in [0.3, 0.4) is 0 Å². The topological polar surface area (TPSA) is 203 Å². The van der Waals surface area contributed by atoms with E-state index in [-0.39, 0.29) is 22.8 Å². The standard InChI is InChI=1S/C6H13NO6P2.3H2O/c7-5-3-1-2-4-6(8)11-14(9)13-15(10)12-6;;;/h8H,1-5,7H2;3*1H2/q+2;;;. The van der Waals surface area contributed by atoms with Gasteiger partial charge in [0.25, 0.3) is 0 Å². The lowest BCUT2D eigenvalue weighted by atomic mass is 10.2. The van der Waals surface area contributed by atoms with Gasteiger partial charge in [-0.15, -0.1) is 0 Å². The fourth-order valence-electron chi connectivity index (χ4n) is 1.10. The zero-order chi connectivity index (χ0) is 11.3. The second-order valence-corrected chi connectivity index (χ2v) is 4.94. The normalized spacial score (nSPS) is 26.6. The molecule has 9 N–H and O–H groups in total. The van der Waals surface area contributed by atoms with E-state index in [9.17, 15) is 14.2 Å². The predicted octanol–water partition coefficient (Wildman–Crippen LogP) is -0.944. The monoisotopic (exact) mass is 311 g/mol. The number of aliphatic hydroxyl groups is 1. The average molecular weight is 311 g/mol. The predicted molar refractivity (Wildman–Crippen MR) is 61.8 cm³/mol. The van der Waals surface area contributed by atoms with Crippen LogP contribution in [0, 0.1) is 0 Å². The molecule has 2 unspecified atom stereocenters. The molecule has 1 aliphatic rings. The summed E-state index contributed by atoms with van der Waals surface area (Å²) in [5.41, 5.74) is 5.29. The highest BCUT2D eigenvalue weighted by atomic mass is 31.2. The van der Waals surface area contributed by atoms with Crippen LogP contribution in [0.25, 0.3) is 0 Å². The fraction of sp³-hybridized carbons (Fsp3) is 1.00. The molecule has 0 aliphatic carbocycles. The maximum Gasteiger partial charge on any atom is 0.753 e.